The van der Waals surface area contributed by atoms with Crippen molar-refractivity contribution in [3.63, 3.8) is 0 Å². The lowest BCUT2D eigenvalue weighted by molar-refractivity contribution is 0.102. The molecule has 19 heavy (non-hydrogen) atoms. The zero-order valence-corrected chi connectivity index (χ0v) is 10.6. The summed E-state index contributed by atoms with van der Waals surface area (Å²) in [7, 11) is 0. The number of thiazole rings is 1. The SMILES string of the molecule is O=C(Nc1cc(-c2ccccc2)on1)c1cscn1. The third kappa shape index (κ3) is 2.53. The average Bonchev–Trinajstić information content (AvgIpc) is 3.11. The van der Waals surface area contributed by atoms with E-state index in [2.05, 4.69) is 15.5 Å². The van der Waals surface area contributed by atoms with Crippen molar-refractivity contribution in [2.24, 2.45) is 0 Å². The van der Waals surface area contributed by atoms with Crippen molar-refractivity contribution in [3.05, 3.63) is 53.0 Å². The Morgan fingerprint density at radius 3 is 2.84 bits per heavy atom. The molecule has 2 aromatic heterocycles. The van der Waals surface area contributed by atoms with Crippen molar-refractivity contribution >= 4 is 23.1 Å². The number of carbonyl (C=O) groups excluding carboxylic acids is 1. The van der Waals surface area contributed by atoms with Gasteiger partial charge in [-0.25, -0.2) is 4.98 Å². The molecule has 3 aromatic rings. The number of amides is 1. The first-order valence-electron chi connectivity index (χ1n) is 5.54. The molecule has 0 saturated heterocycles. The van der Waals surface area contributed by atoms with Gasteiger partial charge in [0, 0.05) is 17.0 Å². The second-order valence-electron chi connectivity index (χ2n) is 3.77. The first-order chi connectivity index (χ1) is 9.33. The molecule has 0 atom stereocenters. The topological polar surface area (TPSA) is 68.0 Å². The molecular weight excluding hydrogens is 262 g/mol. The fourth-order valence-electron chi connectivity index (χ4n) is 1.58. The van der Waals surface area contributed by atoms with Crippen LogP contribution in [-0.4, -0.2) is 16.0 Å². The maximum atomic E-state index is 11.8. The lowest BCUT2D eigenvalue weighted by atomic mass is 10.2. The Kier molecular flexibility index (Phi) is 3.07. The van der Waals surface area contributed by atoms with E-state index in [9.17, 15) is 4.79 Å². The van der Waals surface area contributed by atoms with Crippen molar-refractivity contribution in [2.45, 2.75) is 0 Å². The minimum absolute atomic E-state index is 0.297. The maximum absolute atomic E-state index is 11.8. The molecule has 3 rings (SSSR count). The fourth-order valence-corrected chi connectivity index (χ4v) is 2.11. The Balaban J connectivity index is 1.77. The molecule has 2 heterocycles. The lowest BCUT2D eigenvalue weighted by Gasteiger charge is -1.95. The third-order valence-electron chi connectivity index (χ3n) is 2.48. The van der Waals surface area contributed by atoms with Crippen LogP contribution in [0.5, 0.6) is 0 Å². The van der Waals surface area contributed by atoms with Crippen molar-refractivity contribution in [3.8, 4) is 11.3 Å². The summed E-state index contributed by atoms with van der Waals surface area (Å²) in [6.07, 6.45) is 0. The largest absolute Gasteiger partial charge is 0.354 e. The van der Waals surface area contributed by atoms with Crippen molar-refractivity contribution in [1.29, 1.82) is 0 Å². The van der Waals surface area contributed by atoms with Gasteiger partial charge < -0.3 is 9.84 Å². The van der Waals surface area contributed by atoms with Crippen LogP contribution in [0.1, 0.15) is 10.5 Å². The molecule has 0 radical (unpaired) electrons. The van der Waals surface area contributed by atoms with Crippen molar-refractivity contribution in [1.82, 2.24) is 10.1 Å². The van der Waals surface area contributed by atoms with E-state index in [0.29, 0.717) is 17.3 Å². The summed E-state index contributed by atoms with van der Waals surface area (Å²) < 4.78 is 5.19. The van der Waals surface area contributed by atoms with Gasteiger partial charge in [0.15, 0.2) is 11.6 Å². The molecule has 0 aliphatic carbocycles. The van der Waals surface area contributed by atoms with Crippen LogP contribution in [0.3, 0.4) is 0 Å². The van der Waals surface area contributed by atoms with E-state index in [0.717, 1.165) is 5.56 Å². The van der Waals surface area contributed by atoms with Gasteiger partial charge in [0.05, 0.1) is 5.51 Å². The van der Waals surface area contributed by atoms with Gasteiger partial charge in [-0.15, -0.1) is 11.3 Å². The molecule has 5 nitrogen and oxygen atoms in total. The molecule has 1 aromatic carbocycles. The minimum atomic E-state index is -0.297. The number of nitrogens with zero attached hydrogens (tertiary/aromatic N) is 2. The molecule has 0 saturated carbocycles. The molecule has 0 aliphatic rings. The number of nitrogens with one attached hydrogen (secondary N) is 1. The van der Waals surface area contributed by atoms with Crippen LogP contribution >= 0.6 is 11.3 Å². The molecule has 6 heteroatoms. The third-order valence-corrected chi connectivity index (χ3v) is 3.06. The summed E-state index contributed by atoms with van der Waals surface area (Å²) in [5.74, 6) is 0.681. The van der Waals surface area contributed by atoms with E-state index in [1.807, 2.05) is 30.3 Å². The predicted molar refractivity (Wildman–Crippen MR) is 72.0 cm³/mol. The molecule has 1 N–H and O–H groups in total. The van der Waals surface area contributed by atoms with Crippen LogP contribution in [0, 0.1) is 0 Å². The molecule has 0 unspecified atom stereocenters. The zero-order valence-electron chi connectivity index (χ0n) is 9.74. The first kappa shape index (κ1) is 11.6. The van der Waals surface area contributed by atoms with Crippen LogP contribution in [0.2, 0.25) is 0 Å². The van der Waals surface area contributed by atoms with Crippen LogP contribution in [0.25, 0.3) is 11.3 Å². The van der Waals surface area contributed by atoms with E-state index >= 15 is 0 Å². The molecule has 0 spiro atoms. The Morgan fingerprint density at radius 1 is 1.26 bits per heavy atom. The Hall–Kier alpha value is -2.47. The standard InChI is InChI=1S/C13H9N3O2S/c17-13(10-7-19-8-14-10)15-12-6-11(18-16-12)9-4-2-1-3-5-9/h1-8H,(H,15,16,17). The van der Waals surface area contributed by atoms with Gasteiger partial charge in [-0.2, -0.15) is 0 Å². The minimum Gasteiger partial charge on any atom is -0.354 e. The summed E-state index contributed by atoms with van der Waals surface area (Å²) >= 11 is 1.36. The number of benzene rings is 1. The predicted octanol–water partition coefficient (Wildman–Crippen LogP) is 3.05. The number of carbonyl (C=O) groups is 1. The van der Waals surface area contributed by atoms with Crippen molar-refractivity contribution < 1.29 is 9.32 Å². The number of anilines is 1. The van der Waals surface area contributed by atoms with Gasteiger partial charge >= 0.3 is 0 Å². The maximum Gasteiger partial charge on any atom is 0.276 e. The van der Waals surface area contributed by atoms with Crippen LogP contribution in [0.15, 0.2) is 51.8 Å². The summed E-state index contributed by atoms with van der Waals surface area (Å²) in [5.41, 5.74) is 2.88. The van der Waals surface area contributed by atoms with Gasteiger partial charge in [-0.3, -0.25) is 4.79 Å². The van der Waals surface area contributed by atoms with E-state index in [1.165, 1.54) is 11.3 Å². The Morgan fingerprint density at radius 2 is 2.11 bits per heavy atom. The van der Waals surface area contributed by atoms with Gasteiger partial charge in [0.1, 0.15) is 5.69 Å². The van der Waals surface area contributed by atoms with Crippen molar-refractivity contribution in [2.75, 3.05) is 5.32 Å². The smallest absolute Gasteiger partial charge is 0.276 e. The summed E-state index contributed by atoms with van der Waals surface area (Å²) in [6, 6.07) is 11.2. The van der Waals surface area contributed by atoms with Gasteiger partial charge in [-0.05, 0) is 0 Å². The molecule has 94 valence electrons. The Labute approximate surface area is 112 Å². The number of hydrogen-bond donors (Lipinski definition) is 1. The summed E-state index contributed by atoms with van der Waals surface area (Å²) in [5, 5.41) is 8.12. The highest BCUT2D eigenvalue weighted by Crippen LogP contribution is 2.22. The molecule has 0 fully saturated rings. The summed E-state index contributed by atoms with van der Waals surface area (Å²) in [6.45, 7) is 0. The monoisotopic (exact) mass is 271 g/mol. The zero-order chi connectivity index (χ0) is 13.1. The van der Waals surface area contributed by atoms with E-state index in [1.54, 1.807) is 17.0 Å². The highest BCUT2D eigenvalue weighted by Gasteiger charge is 2.12. The van der Waals surface area contributed by atoms with E-state index in [4.69, 9.17) is 4.52 Å². The van der Waals surface area contributed by atoms with E-state index in [-0.39, 0.29) is 5.91 Å². The highest BCUT2D eigenvalue weighted by molar-refractivity contribution is 7.07. The van der Waals surface area contributed by atoms with Gasteiger partial charge in [0.2, 0.25) is 0 Å². The van der Waals surface area contributed by atoms with Crippen LogP contribution in [0.4, 0.5) is 5.82 Å². The Bertz CT molecular complexity index is 677. The van der Waals surface area contributed by atoms with Gasteiger partial charge in [0.25, 0.3) is 5.91 Å². The first-order valence-corrected chi connectivity index (χ1v) is 6.49. The van der Waals surface area contributed by atoms with Crippen LogP contribution < -0.4 is 5.32 Å². The normalized spacial score (nSPS) is 10.3. The molecule has 0 aliphatic heterocycles. The number of hydrogen-bond acceptors (Lipinski definition) is 5. The summed E-state index contributed by atoms with van der Waals surface area (Å²) in [4.78, 5) is 15.7. The second kappa shape index (κ2) is 5.03. The average molecular weight is 271 g/mol. The lowest BCUT2D eigenvalue weighted by Crippen LogP contribution is -2.12. The second-order valence-corrected chi connectivity index (χ2v) is 4.49. The fraction of sp³-hybridized carbons (Fsp3) is 0. The van der Waals surface area contributed by atoms with Crippen LogP contribution in [-0.2, 0) is 0 Å². The van der Waals surface area contributed by atoms with Gasteiger partial charge in [-0.1, -0.05) is 35.5 Å². The van der Waals surface area contributed by atoms with E-state index < -0.39 is 0 Å². The molecule has 0 bridgehead atoms. The quantitative estimate of drug-likeness (QED) is 0.795. The number of aromatic nitrogens is 2. The molecule has 1 amide bonds. The number of rotatable bonds is 3. The highest BCUT2D eigenvalue weighted by atomic mass is 32.1. The molecular formula is C13H9N3O2S.